The normalized spacial score (nSPS) is 12.5. The van der Waals surface area contributed by atoms with Gasteiger partial charge in [-0.25, -0.2) is 0 Å². The summed E-state index contributed by atoms with van der Waals surface area (Å²) in [5, 5.41) is 12.2. The van der Waals surface area contributed by atoms with Crippen LogP contribution in [0.2, 0.25) is 10.0 Å². The number of hydrogen-bond donors (Lipinski definition) is 2. The molecule has 0 radical (unpaired) electrons. The quantitative estimate of drug-likeness (QED) is 0.843. The van der Waals surface area contributed by atoms with E-state index in [0.717, 1.165) is 0 Å². The van der Waals surface area contributed by atoms with Gasteiger partial charge in [-0.1, -0.05) is 29.3 Å². The van der Waals surface area contributed by atoms with Crippen LogP contribution in [-0.4, -0.2) is 18.1 Å². The van der Waals surface area contributed by atoms with Crippen LogP contribution in [0.15, 0.2) is 18.2 Å². The largest absolute Gasteiger partial charge is 0.480 e. The standard InChI is InChI=1S/C9H9Cl2NO2/c1-12-8(9(13)14)7-5(10)3-2-4-6(7)11/h2-4,8,12H,1H3,(H,13,14)/t8-/m0/s1. The highest BCUT2D eigenvalue weighted by molar-refractivity contribution is 6.36. The lowest BCUT2D eigenvalue weighted by Crippen LogP contribution is -2.25. The lowest BCUT2D eigenvalue weighted by atomic mass is 10.1. The molecule has 0 bridgehead atoms. The third kappa shape index (κ3) is 2.18. The second kappa shape index (κ2) is 4.64. The van der Waals surface area contributed by atoms with Crippen LogP contribution in [-0.2, 0) is 4.79 Å². The van der Waals surface area contributed by atoms with Gasteiger partial charge < -0.3 is 10.4 Å². The lowest BCUT2D eigenvalue weighted by molar-refractivity contribution is -0.139. The second-order valence-electron chi connectivity index (χ2n) is 2.70. The van der Waals surface area contributed by atoms with Crippen molar-refractivity contribution in [1.82, 2.24) is 5.32 Å². The lowest BCUT2D eigenvalue weighted by Gasteiger charge is -2.14. The molecule has 0 spiro atoms. The van der Waals surface area contributed by atoms with Gasteiger partial charge in [0.15, 0.2) is 0 Å². The Balaban J connectivity index is 3.22. The summed E-state index contributed by atoms with van der Waals surface area (Å²) in [4.78, 5) is 10.9. The molecule has 0 aliphatic heterocycles. The van der Waals surface area contributed by atoms with Crippen molar-refractivity contribution in [2.75, 3.05) is 7.05 Å². The SMILES string of the molecule is CN[C@H](C(=O)O)c1c(Cl)cccc1Cl. The van der Waals surface area contributed by atoms with E-state index in [4.69, 9.17) is 28.3 Å². The number of hydrogen-bond acceptors (Lipinski definition) is 2. The van der Waals surface area contributed by atoms with Crippen LogP contribution in [0.1, 0.15) is 11.6 Å². The minimum atomic E-state index is -1.01. The molecule has 0 heterocycles. The van der Waals surface area contributed by atoms with Gasteiger partial charge in [0.1, 0.15) is 6.04 Å². The smallest absolute Gasteiger partial charge is 0.325 e. The molecule has 0 unspecified atom stereocenters. The van der Waals surface area contributed by atoms with Crippen molar-refractivity contribution in [3.63, 3.8) is 0 Å². The van der Waals surface area contributed by atoms with Crippen LogP contribution in [0.25, 0.3) is 0 Å². The molecule has 0 aliphatic rings. The molecule has 1 atom stereocenters. The van der Waals surface area contributed by atoms with Crippen LogP contribution < -0.4 is 5.32 Å². The van der Waals surface area contributed by atoms with E-state index >= 15 is 0 Å². The summed E-state index contributed by atoms with van der Waals surface area (Å²) in [7, 11) is 1.54. The number of carbonyl (C=O) groups is 1. The van der Waals surface area contributed by atoms with Gasteiger partial charge in [-0.05, 0) is 19.2 Å². The number of aliphatic carboxylic acids is 1. The molecule has 0 saturated carbocycles. The zero-order valence-electron chi connectivity index (χ0n) is 7.42. The maximum Gasteiger partial charge on any atom is 0.325 e. The van der Waals surface area contributed by atoms with Gasteiger partial charge in [0.25, 0.3) is 0 Å². The van der Waals surface area contributed by atoms with Crippen LogP contribution >= 0.6 is 23.2 Å². The molecule has 3 nitrogen and oxygen atoms in total. The maximum atomic E-state index is 10.9. The van der Waals surface area contributed by atoms with Gasteiger partial charge in [0.05, 0.1) is 0 Å². The summed E-state index contributed by atoms with van der Waals surface area (Å²) < 4.78 is 0. The Hall–Kier alpha value is -0.770. The van der Waals surface area contributed by atoms with Gasteiger partial charge in [0, 0.05) is 15.6 Å². The predicted molar refractivity (Wildman–Crippen MR) is 55.9 cm³/mol. The van der Waals surface area contributed by atoms with Crippen LogP contribution in [0.3, 0.4) is 0 Å². The molecule has 0 fully saturated rings. The van der Waals surface area contributed by atoms with E-state index in [1.54, 1.807) is 25.2 Å². The molecule has 0 aromatic heterocycles. The zero-order chi connectivity index (χ0) is 10.7. The Morgan fingerprint density at radius 2 is 1.93 bits per heavy atom. The van der Waals surface area contributed by atoms with E-state index in [1.807, 2.05) is 0 Å². The molecular weight excluding hydrogens is 225 g/mol. The van der Waals surface area contributed by atoms with E-state index in [9.17, 15) is 4.79 Å². The summed E-state index contributed by atoms with van der Waals surface area (Å²) in [6.45, 7) is 0. The molecule has 5 heteroatoms. The van der Waals surface area contributed by atoms with Crippen molar-refractivity contribution >= 4 is 29.2 Å². The van der Waals surface area contributed by atoms with Crippen molar-refractivity contribution in [3.8, 4) is 0 Å². The molecule has 1 rings (SSSR count). The first-order valence-corrected chi connectivity index (χ1v) is 4.67. The van der Waals surface area contributed by atoms with E-state index in [-0.39, 0.29) is 0 Å². The average Bonchev–Trinajstić information content (AvgIpc) is 2.10. The highest BCUT2D eigenvalue weighted by atomic mass is 35.5. The fourth-order valence-corrected chi connectivity index (χ4v) is 1.79. The molecule has 1 aromatic carbocycles. The Kier molecular flexibility index (Phi) is 3.75. The summed E-state index contributed by atoms with van der Waals surface area (Å²) in [5.74, 6) is -1.01. The van der Waals surface area contributed by atoms with Crippen LogP contribution in [0, 0.1) is 0 Å². The molecule has 1 aromatic rings. The topological polar surface area (TPSA) is 49.3 Å². The Morgan fingerprint density at radius 1 is 1.43 bits per heavy atom. The Labute approximate surface area is 91.6 Å². The van der Waals surface area contributed by atoms with Crippen molar-refractivity contribution in [2.24, 2.45) is 0 Å². The highest BCUT2D eigenvalue weighted by Crippen LogP contribution is 2.30. The molecule has 0 saturated heterocycles. The predicted octanol–water partition coefficient (Wildman–Crippen LogP) is 2.34. The van der Waals surface area contributed by atoms with Crippen molar-refractivity contribution in [2.45, 2.75) is 6.04 Å². The number of halogens is 2. The van der Waals surface area contributed by atoms with Crippen molar-refractivity contribution < 1.29 is 9.90 Å². The molecule has 0 aliphatic carbocycles. The van der Waals surface area contributed by atoms with Gasteiger partial charge >= 0.3 is 5.97 Å². The van der Waals surface area contributed by atoms with Crippen LogP contribution in [0.4, 0.5) is 0 Å². The first-order valence-electron chi connectivity index (χ1n) is 3.92. The van der Waals surface area contributed by atoms with Crippen molar-refractivity contribution in [1.29, 1.82) is 0 Å². The zero-order valence-corrected chi connectivity index (χ0v) is 8.93. The highest BCUT2D eigenvalue weighted by Gasteiger charge is 2.22. The fraction of sp³-hybridized carbons (Fsp3) is 0.222. The van der Waals surface area contributed by atoms with Gasteiger partial charge in [-0.3, -0.25) is 4.79 Å². The molecule has 76 valence electrons. The summed E-state index contributed by atoms with van der Waals surface area (Å²) >= 11 is 11.7. The van der Waals surface area contributed by atoms with Crippen molar-refractivity contribution in [3.05, 3.63) is 33.8 Å². The third-order valence-corrected chi connectivity index (χ3v) is 2.48. The molecule has 0 amide bonds. The Morgan fingerprint density at radius 3 is 2.29 bits per heavy atom. The number of rotatable bonds is 3. The Bertz CT molecular complexity index is 334. The first kappa shape index (κ1) is 11.3. The maximum absolute atomic E-state index is 10.9. The number of likely N-dealkylation sites (N-methyl/N-ethyl adjacent to an activating group) is 1. The van der Waals surface area contributed by atoms with Gasteiger partial charge in [-0.15, -0.1) is 0 Å². The summed E-state index contributed by atoms with van der Waals surface area (Å²) in [5.41, 5.74) is 0.394. The molecule has 14 heavy (non-hydrogen) atoms. The monoisotopic (exact) mass is 233 g/mol. The second-order valence-corrected chi connectivity index (χ2v) is 3.51. The van der Waals surface area contributed by atoms with Crippen LogP contribution in [0.5, 0.6) is 0 Å². The minimum absolute atomic E-state index is 0.347. The van der Waals surface area contributed by atoms with E-state index in [2.05, 4.69) is 5.32 Å². The third-order valence-electron chi connectivity index (χ3n) is 1.82. The minimum Gasteiger partial charge on any atom is -0.480 e. The summed E-state index contributed by atoms with van der Waals surface area (Å²) in [6.07, 6.45) is 0. The van der Waals surface area contributed by atoms with E-state index in [1.165, 1.54) is 0 Å². The number of carboxylic acids is 1. The number of benzene rings is 1. The molecule has 2 N–H and O–H groups in total. The van der Waals surface area contributed by atoms with Gasteiger partial charge in [-0.2, -0.15) is 0 Å². The average molecular weight is 234 g/mol. The summed E-state index contributed by atoms with van der Waals surface area (Å²) in [6, 6.07) is 4.01. The van der Waals surface area contributed by atoms with E-state index in [0.29, 0.717) is 15.6 Å². The number of nitrogens with one attached hydrogen (secondary N) is 1. The number of carboxylic acid groups (broad SMARTS) is 1. The van der Waals surface area contributed by atoms with Gasteiger partial charge in [0.2, 0.25) is 0 Å². The van der Waals surface area contributed by atoms with E-state index < -0.39 is 12.0 Å². The fourth-order valence-electron chi connectivity index (χ4n) is 1.18. The molecular formula is C9H9Cl2NO2. The first-order chi connectivity index (χ1) is 6.57.